The molecule has 1 aliphatic rings. The molecule has 0 aliphatic carbocycles. The molecule has 0 spiro atoms. The van der Waals surface area contributed by atoms with Crippen LogP contribution in [-0.2, 0) is 16.0 Å². The lowest BCUT2D eigenvalue weighted by atomic mass is 9.75. The number of aliphatic carboxylic acids is 1. The molecule has 1 heterocycles. The smallest absolute Gasteiger partial charge is 0.410 e. The first-order valence-electron chi connectivity index (χ1n) is 8.07. The second-order valence-corrected chi connectivity index (χ2v) is 7.83. The molecule has 0 unspecified atom stereocenters. The number of carboxylic acids is 1. The highest BCUT2D eigenvalue weighted by molar-refractivity contribution is 6.30. The van der Waals surface area contributed by atoms with Crippen molar-refractivity contribution in [2.75, 3.05) is 13.1 Å². The first-order chi connectivity index (χ1) is 11.1. The molecule has 0 aromatic heterocycles. The largest absolute Gasteiger partial charge is 0.481 e. The molecule has 1 aromatic rings. The Bertz CT molecular complexity index is 626. The zero-order chi connectivity index (χ0) is 18.0. The van der Waals surface area contributed by atoms with Gasteiger partial charge in [0, 0.05) is 18.1 Å². The van der Waals surface area contributed by atoms with Crippen LogP contribution in [0.3, 0.4) is 0 Å². The van der Waals surface area contributed by atoms with Gasteiger partial charge >= 0.3 is 12.1 Å². The molecule has 1 N–H and O–H groups in total. The van der Waals surface area contributed by atoms with Crippen LogP contribution in [0.2, 0.25) is 5.02 Å². The van der Waals surface area contributed by atoms with Crippen molar-refractivity contribution in [3.8, 4) is 0 Å². The topological polar surface area (TPSA) is 66.8 Å². The number of hydrogen-bond donors (Lipinski definition) is 1. The number of benzene rings is 1. The van der Waals surface area contributed by atoms with E-state index >= 15 is 0 Å². The third kappa shape index (κ3) is 4.63. The van der Waals surface area contributed by atoms with Crippen LogP contribution in [0.1, 0.15) is 39.2 Å². The maximum absolute atomic E-state index is 12.3. The number of carbonyl (C=O) groups is 2. The highest BCUT2D eigenvalue weighted by Crippen LogP contribution is 2.35. The van der Waals surface area contributed by atoms with Crippen molar-refractivity contribution >= 4 is 23.7 Å². The number of ether oxygens (including phenoxy) is 1. The van der Waals surface area contributed by atoms with E-state index in [0.717, 1.165) is 5.56 Å². The van der Waals surface area contributed by atoms with Crippen molar-refractivity contribution in [1.29, 1.82) is 0 Å². The van der Waals surface area contributed by atoms with Crippen molar-refractivity contribution in [1.82, 2.24) is 4.90 Å². The normalized spacial score (nSPS) is 21.4. The van der Waals surface area contributed by atoms with Gasteiger partial charge in [-0.3, -0.25) is 4.79 Å². The van der Waals surface area contributed by atoms with E-state index in [2.05, 4.69) is 0 Å². The van der Waals surface area contributed by atoms with Crippen LogP contribution in [0.15, 0.2) is 24.3 Å². The number of likely N-dealkylation sites (tertiary alicyclic amines) is 1. The summed E-state index contributed by atoms with van der Waals surface area (Å²) in [5.74, 6) is -0.893. The molecule has 24 heavy (non-hydrogen) atoms. The molecule has 2 rings (SSSR count). The maximum Gasteiger partial charge on any atom is 0.410 e. The van der Waals surface area contributed by atoms with E-state index in [1.165, 1.54) is 4.90 Å². The van der Waals surface area contributed by atoms with Crippen LogP contribution in [0.5, 0.6) is 0 Å². The van der Waals surface area contributed by atoms with Gasteiger partial charge in [0.05, 0.1) is 5.41 Å². The summed E-state index contributed by atoms with van der Waals surface area (Å²) in [6, 6.07) is 7.20. The van der Waals surface area contributed by atoms with Gasteiger partial charge in [0.2, 0.25) is 0 Å². The lowest BCUT2D eigenvalue weighted by Crippen LogP contribution is -2.52. The fraction of sp³-hybridized carbons (Fsp3) is 0.556. The number of nitrogens with zero attached hydrogens (tertiary/aromatic N) is 1. The van der Waals surface area contributed by atoms with Crippen LogP contribution in [-0.4, -0.2) is 40.8 Å². The zero-order valence-electron chi connectivity index (χ0n) is 14.3. The average molecular weight is 354 g/mol. The Morgan fingerprint density at radius 3 is 2.67 bits per heavy atom. The summed E-state index contributed by atoms with van der Waals surface area (Å²) in [5.41, 5.74) is -0.761. The van der Waals surface area contributed by atoms with Gasteiger partial charge in [-0.25, -0.2) is 4.79 Å². The monoisotopic (exact) mass is 353 g/mol. The minimum absolute atomic E-state index is 0.143. The molecule has 6 heteroatoms. The zero-order valence-corrected chi connectivity index (χ0v) is 15.1. The first kappa shape index (κ1) is 18.6. The molecule has 1 aromatic carbocycles. The molecular weight excluding hydrogens is 330 g/mol. The lowest BCUT2D eigenvalue weighted by Gasteiger charge is -2.40. The van der Waals surface area contributed by atoms with Crippen LogP contribution >= 0.6 is 11.6 Å². The van der Waals surface area contributed by atoms with E-state index in [1.807, 2.05) is 12.1 Å². The van der Waals surface area contributed by atoms with Gasteiger partial charge < -0.3 is 14.7 Å². The number of carboxylic acid groups (broad SMARTS) is 1. The molecule has 1 atom stereocenters. The number of piperidine rings is 1. The van der Waals surface area contributed by atoms with Gasteiger partial charge in [0.1, 0.15) is 5.60 Å². The third-order valence-corrected chi connectivity index (χ3v) is 4.35. The predicted molar refractivity (Wildman–Crippen MR) is 92.3 cm³/mol. The molecule has 0 saturated carbocycles. The van der Waals surface area contributed by atoms with Crippen molar-refractivity contribution in [2.24, 2.45) is 5.41 Å². The Morgan fingerprint density at radius 1 is 1.38 bits per heavy atom. The molecule has 1 saturated heterocycles. The molecular formula is C18H24ClNO4. The average Bonchev–Trinajstić information content (AvgIpc) is 2.45. The Hall–Kier alpha value is -1.75. The quantitative estimate of drug-likeness (QED) is 0.892. The summed E-state index contributed by atoms with van der Waals surface area (Å²) < 4.78 is 5.39. The SMILES string of the molecule is CC(C)(C)OC(=O)N1CCC[C@@](Cc2cccc(Cl)c2)(C(=O)O)C1. The predicted octanol–water partition coefficient (Wildman–Crippen LogP) is 3.98. The second-order valence-electron chi connectivity index (χ2n) is 7.40. The highest BCUT2D eigenvalue weighted by atomic mass is 35.5. The number of carbonyl (C=O) groups excluding carboxylic acids is 1. The molecule has 0 radical (unpaired) electrons. The summed E-state index contributed by atoms with van der Waals surface area (Å²) in [6.07, 6.45) is 1.03. The Labute approximate surface area is 147 Å². The van der Waals surface area contributed by atoms with E-state index in [9.17, 15) is 14.7 Å². The molecule has 1 aliphatic heterocycles. The van der Waals surface area contributed by atoms with E-state index in [-0.39, 0.29) is 6.54 Å². The maximum atomic E-state index is 12.3. The standard InChI is InChI=1S/C18H24ClNO4/c1-17(2,3)24-16(23)20-9-5-8-18(12-20,15(21)22)11-13-6-4-7-14(19)10-13/h4,6-7,10H,5,8-9,11-12H2,1-3H3,(H,21,22)/t18-/m0/s1. The molecule has 0 bridgehead atoms. The van der Waals surface area contributed by atoms with Crippen LogP contribution < -0.4 is 0 Å². The van der Waals surface area contributed by atoms with Crippen molar-refractivity contribution in [3.63, 3.8) is 0 Å². The van der Waals surface area contributed by atoms with Crippen LogP contribution in [0.25, 0.3) is 0 Å². The van der Waals surface area contributed by atoms with Gasteiger partial charge in [-0.05, 0) is 57.7 Å². The minimum atomic E-state index is -1.01. The summed E-state index contributed by atoms with van der Waals surface area (Å²) in [7, 11) is 0. The van der Waals surface area contributed by atoms with Crippen molar-refractivity contribution < 1.29 is 19.4 Å². The number of hydrogen-bond acceptors (Lipinski definition) is 3. The summed E-state index contributed by atoms with van der Waals surface area (Å²) in [4.78, 5) is 25.8. The van der Waals surface area contributed by atoms with Crippen LogP contribution in [0.4, 0.5) is 4.79 Å². The van der Waals surface area contributed by atoms with Crippen molar-refractivity contribution in [2.45, 2.75) is 45.6 Å². The van der Waals surface area contributed by atoms with E-state index in [4.69, 9.17) is 16.3 Å². The Kier molecular flexibility index (Phi) is 5.43. The fourth-order valence-electron chi connectivity index (χ4n) is 3.05. The third-order valence-electron chi connectivity index (χ3n) is 4.11. The Balaban J connectivity index is 2.19. The lowest BCUT2D eigenvalue weighted by molar-refractivity contribution is -0.152. The van der Waals surface area contributed by atoms with Crippen molar-refractivity contribution in [3.05, 3.63) is 34.9 Å². The summed E-state index contributed by atoms with van der Waals surface area (Å²) in [6.45, 7) is 6.05. The van der Waals surface area contributed by atoms with E-state index in [0.29, 0.717) is 30.8 Å². The minimum Gasteiger partial charge on any atom is -0.481 e. The van der Waals surface area contributed by atoms with E-state index < -0.39 is 23.1 Å². The fourth-order valence-corrected chi connectivity index (χ4v) is 3.26. The number of rotatable bonds is 3. The van der Waals surface area contributed by atoms with E-state index in [1.54, 1.807) is 32.9 Å². The van der Waals surface area contributed by atoms with Gasteiger partial charge in [-0.15, -0.1) is 0 Å². The summed E-state index contributed by atoms with van der Waals surface area (Å²) >= 11 is 6.01. The van der Waals surface area contributed by atoms with Crippen LogP contribution in [0, 0.1) is 5.41 Å². The van der Waals surface area contributed by atoms with Gasteiger partial charge in [-0.1, -0.05) is 23.7 Å². The van der Waals surface area contributed by atoms with Gasteiger partial charge in [0.25, 0.3) is 0 Å². The number of halogens is 1. The molecule has 1 amide bonds. The molecule has 1 fully saturated rings. The first-order valence-corrected chi connectivity index (χ1v) is 8.45. The van der Waals surface area contributed by atoms with Gasteiger partial charge in [-0.2, -0.15) is 0 Å². The Morgan fingerprint density at radius 2 is 2.08 bits per heavy atom. The molecule has 5 nitrogen and oxygen atoms in total. The highest BCUT2D eigenvalue weighted by Gasteiger charge is 2.44. The van der Waals surface area contributed by atoms with Gasteiger partial charge in [0.15, 0.2) is 0 Å². The summed E-state index contributed by atoms with van der Waals surface area (Å²) in [5, 5.41) is 10.4. The molecule has 132 valence electrons. The second kappa shape index (κ2) is 7.01. The number of amides is 1.